The third kappa shape index (κ3) is 4.54. The quantitative estimate of drug-likeness (QED) is 0.544. The number of pyridine rings is 1. The fourth-order valence-electron chi connectivity index (χ4n) is 3.44. The lowest BCUT2D eigenvalue weighted by molar-refractivity contribution is -0.121. The van der Waals surface area contributed by atoms with Crippen molar-refractivity contribution in [2.75, 3.05) is 34.5 Å². The number of amides is 1. The Morgan fingerprint density at radius 2 is 1.93 bits per heavy atom. The summed E-state index contributed by atoms with van der Waals surface area (Å²) < 4.78 is 17.7. The number of rotatable bonds is 9. The summed E-state index contributed by atoms with van der Waals surface area (Å²) in [5.41, 5.74) is 4.35. The van der Waals surface area contributed by atoms with Gasteiger partial charge in [-0.15, -0.1) is 0 Å². The SMILES string of the molecule is COCCNC(=O)CCn1nc(-c2ccc(OC)cc2OC)c2c(C)cc(C)nc21. The molecule has 0 fully saturated rings. The predicted octanol–water partition coefficient (Wildman–Crippen LogP) is 2.89. The number of carbonyl (C=O) groups excluding carboxylic acids is 1. The summed E-state index contributed by atoms with van der Waals surface area (Å²) in [6, 6.07) is 7.68. The highest BCUT2D eigenvalue weighted by Gasteiger charge is 2.20. The van der Waals surface area contributed by atoms with Crippen LogP contribution < -0.4 is 14.8 Å². The van der Waals surface area contributed by atoms with Crippen molar-refractivity contribution in [2.45, 2.75) is 26.8 Å². The first-order chi connectivity index (χ1) is 14.5. The highest BCUT2D eigenvalue weighted by Crippen LogP contribution is 2.37. The molecule has 0 spiro atoms. The molecular formula is C22H28N4O4. The number of hydrogen-bond donors (Lipinski definition) is 1. The van der Waals surface area contributed by atoms with Gasteiger partial charge in [-0.05, 0) is 37.6 Å². The molecule has 0 radical (unpaired) electrons. The van der Waals surface area contributed by atoms with E-state index in [2.05, 4.69) is 5.32 Å². The number of nitrogens with zero attached hydrogens (tertiary/aromatic N) is 3. The van der Waals surface area contributed by atoms with E-state index in [0.717, 1.165) is 33.5 Å². The Balaban J connectivity index is 2.01. The smallest absolute Gasteiger partial charge is 0.221 e. The van der Waals surface area contributed by atoms with Crippen LogP contribution in [0.2, 0.25) is 0 Å². The van der Waals surface area contributed by atoms with Gasteiger partial charge in [0.05, 0.1) is 32.8 Å². The van der Waals surface area contributed by atoms with Crippen LogP contribution in [0.15, 0.2) is 24.3 Å². The zero-order valence-corrected chi connectivity index (χ0v) is 18.1. The van der Waals surface area contributed by atoms with Gasteiger partial charge in [0.25, 0.3) is 0 Å². The van der Waals surface area contributed by atoms with E-state index in [-0.39, 0.29) is 5.91 Å². The Morgan fingerprint density at radius 3 is 2.63 bits per heavy atom. The van der Waals surface area contributed by atoms with Crippen molar-refractivity contribution in [3.05, 3.63) is 35.5 Å². The first-order valence-electron chi connectivity index (χ1n) is 9.81. The predicted molar refractivity (Wildman–Crippen MR) is 115 cm³/mol. The zero-order chi connectivity index (χ0) is 21.7. The summed E-state index contributed by atoms with van der Waals surface area (Å²) in [5, 5.41) is 8.61. The molecule has 2 heterocycles. The largest absolute Gasteiger partial charge is 0.497 e. The highest BCUT2D eigenvalue weighted by molar-refractivity contribution is 5.95. The summed E-state index contributed by atoms with van der Waals surface area (Å²) in [7, 11) is 4.84. The summed E-state index contributed by atoms with van der Waals surface area (Å²) in [4.78, 5) is 16.9. The van der Waals surface area contributed by atoms with Gasteiger partial charge in [0, 0.05) is 37.4 Å². The molecular weight excluding hydrogens is 384 g/mol. The maximum Gasteiger partial charge on any atom is 0.221 e. The number of aryl methyl sites for hydroxylation is 3. The molecule has 8 heteroatoms. The van der Waals surface area contributed by atoms with Crippen LogP contribution in [0.5, 0.6) is 11.5 Å². The van der Waals surface area contributed by atoms with E-state index in [1.165, 1.54) is 0 Å². The van der Waals surface area contributed by atoms with Crippen molar-refractivity contribution >= 4 is 16.9 Å². The molecule has 0 saturated heterocycles. The molecule has 8 nitrogen and oxygen atoms in total. The highest BCUT2D eigenvalue weighted by atomic mass is 16.5. The van der Waals surface area contributed by atoms with Crippen LogP contribution in [0.25, 0.3) is 22.3 Å². The molecule has 1 amide bonds. The molecule has 0 aliphatic carbocycles. The van der Waals surface area contributed by atoms with Crippen molar-refractivity contribution in [1.82, 2.24) is 20.1 Å². The number of ether oxygens (including phenoxy) is 3. The molecule has 0 aliphatic rings. The Hall–Kier alpha value is -3.13. The van der Waals surface area contributed by atoms with Crippen LogP contribution in [-0.4, -0.2) is 55.2 Å². The fourth-order valence-corrected chi connectivity index (χ4v) is 3.44. The van der Waals surface area contributed by atoms with Crippen LogP contribution in [0, 0.1) is 13.8 Å². The first-order valence-corrected chi connectivity index (χ1v) is 9.81. The van der Waals surface area contributed by atoms with Gasteiger partial charge >= 0.3 is 0 Å². The van der Waals surface area contributed by atoms with E-state index in [1.807, 2.05) is 38.1 Å². The normalized spacial score (nSPS) is 11.0. The van der Waals surface area contributed by atoms with Crippen LogP contribution in [0.3, 0.4) is 0 Å². The topological polar surface area (TPSA) is 87.5 Å². The van der Waals surface area contributed by atoms with Crippen molar-refractivity contribution in [2.24, 2.45) is 0 Å². The summed E-state index contributed by atoms with van der Waals surface area (Å²) in [6.07, 6.45) is 0.300. The minimum atomic E-state index is -0.0522. The summed E-state index contributed by atoms with van der Waals surface area (Å²) in [6.45, 7) is 5.39. The van der Waals surface area contributed by atoms with Gasteiger partial charge in [-0.25, -0.2) is 9.67 Å². The molecule has 1 N–H and O–H groups in total. The number of fused-ring (bicyclic) bond motifs is 1. The maximum atomic E-state index is 12.1. The first kappa shape index (κ1) is 21.6. The van der Waals surface area contributed by atoms with Crippen LogP contribution in [0.1, 0.15) is 17.7 Å². The molecule has 160 valence electrons. The van der Waals surface area contributed by atoms with Gasteiger partial charge < -0.3 is 19.5 Å². The second-order valence-electron chi connectivity index (χ2n) is 7.01. The molecule has 3 aromatic rings. The van der Waals surface area contributed by atoms with E-state index >= 15 is 0 Å². The minimum Gasteiger partial charge on any atom is -0.497 e. The molecule has 0 bridgehead atoms. The number of aromatic nitrogens is 3. The summed E-state index contributed by atoms with van der Waals surface area (Å²) >= 11 is 0. The number of benzene rings is 1. The number of nitrogens with one attached hydrogen (secondary N) is 1. The average Bonchev–Trinajstić information content (AvgIpc) is 3.10. The van der Waals surface area contributed by atoms with Crippen LogP contribution in [0.4, 0.5) is 0 Å². The third-order valence-electron chi connectivity index (χ3n) is 4.87. The Bertz CT molecular complexity index is 1050. The lowest BCUT2D eigenvalue weighted by Crippen LogP contribution is -2.27. The van der Waals surface area contributed by atoms with Crippen molar-refractivity contribution in [3.8, 4) is 22.8 Å². The Morgan fingerprint density at radius 1 is 1.13 bits per heavy atom. The second-order valence-corrected chi connectivity index (χ2v) is 7.01. The maximum absolute atomic E-state index is 12.1. The van der Waals surface area contributed by atoms with E-state index in [1.54, 1.807) is 26.0 Å². The molecule has 0 atom stereocenters. The number of methoxy groups -OCH3 is 3. The van der Waals surface area contributed by atoms with Gasteiger partial charge in [0.1, 0.15) is 17.2 Å². The van der Waals surface area contributed by atoms with Crippen LogP contribution in [-0.2, 0) is 16.1 Å². The lowest BCUT2D eigenvalue weighted by atomic mass is 10.0. The zero-order valence-electron chi connectivity index (χ0n) is 18.1. The van der Waals surface area contributed by atoms with E-state index in [9.17, 15) is 4.79 Å². The molecule has 0 unspecified atom stereocenters. The van der Waals surface area contributed by atoms with Gasteiger partial charge in [0.2, 0.25) is 5.91 Å². The van der Waals surface area contributed by atoms with Gasteiger partial charge in [-0.1, -0.05) is 0 Å². The second kappa shape index (κ2) is 9.58. The molecule has 0 aliphatic heterocycles. The molecule has 0 saturated carbocycles. The molecule has 1 aromatic carbocycles. The average molecular weight is 412 g/mol. The Labute approximate surface area is 176 Å². The number of carbonyl (C=O) groups is 1. The lowest BCUT2D eigenvalue weighted by Gasteiger charge is -2.09. The monoisotopic (exact) mass is 412 g/mol. The fraction of sp³-hybridized carbons (Fsp3) is 0.409. The van der Waals surface area contributed by atoms with Crippen LogP contribution >= 0.6 is 0 Å². The summed E-state index contributed by atoms with van der Waals surface area (Å²) in [5.74, 6) is 1.32. The van der Waals surface area contributed by atoms with Crippen molar-refractivity contribution < 1.29 is 19.0 Å². The van der Waals surface area contributed by atoms with Gasteiger partial charge in [-0.3, -0.25) is 4.79 Å². The van der Waals surface area contributed by atoms with E-state index in [0.29, 0.717) is 37.6 Å². The van der Waals surface area contributed by atoms with E-state index in [4.69, 9.17) is 24.3 Å². The van der Waals surface area contributed by atoms with Crippen molar-refractivity contribution in [3.63, 3.8) is 0 Å². The van der Waals surface area contributed by atoms with Gasteiger partial charge in [0.15, 0.2) is 5.65 Å². The van der Waals surface area contributed by atoms with Crippen molar-refractivity contribution in [1.29, 1.82) is 0 Å². The standard InChI is InChI=1S/C22H28N4O4/c1-14-12-15(2)24-22-20(14)21(17-7-6-16(29-4)13-18(17)30-5)25-26(22)10-8-19(27)23-9-11-28-3/h6-7,12-13H,8-11H2,1-5H3,(H,23,27). The Kier molecular flexibility index (Phi) is 6.89. The molecule has 30 heavy (non-hydrogen) atoms. The number of hydrogen-bond acceptors (Lipinski definition) is 6. The molecule has 3 rings (SSSR count). The minimum absolute atomic E-state index is 0.0522. The van der Waals surface area contributed by atoms with Gasteiger partial charge in [-0.2, -0.15) is 5.10 Å². The third-order valence-corrected chi connectivity index (χ3v) is 4.87. The molecule has 2 aromatic heterocycles. The van der Waals surface area contributed by atoms with E-state index < -0.39 is 0 Å².